The molecule has 3 rings (SSSR count). The van der Waals surface area contributed by atoms with Crippen molar-refractivity contribution in [3.63, 3.8) is 0 Å². The van der Waals surface area contributed by atoms with Gasteiger partial charge < -0.3 is 4.57 Å². The third kappa shape index (κ3) is 5.14. The van der Waals surface area contributed by atoms with E-state index in [1.165, 1.54) is 36.0 Å². The minimum absolute atomic E-state index is 0.0306. The number of nitro benzene ring substituents is 1. The molecule has 1 aromatic heterocycles. The lowest BCUT2D eigenvalue weighted by atomic mass is 10.2. The van der Waals surface area contributed by atoms with Gasteiger partial charge in [-0.2, -0.15) is 0 Å². The van der Waals surface area contributed by atoms with Crippen LogP contribution in [0, 0.1) is 29.8 Å². The van der Waals surface area contributed by atoms with E-state index in [0.29, 0.717) is 16.2 Å². The first-order valence-corrected chi connectivity index (χ1v) is 10.5. The van der Waals surface area contributed by atoms with Gasteiger partial charge in [-0.3, -0.25) is 30.6 Å². The number of aryl methyl sites for hydroxylation is 1. The number of rotatable bonds is 6. The first-order chi connectivity index (χ1) is 15.2. The predicted octanol–water partition coefficient (Wildman–Crippen LogP) is 4.08. The van der Waals surface area contributed by atoms with Gasteiger partial charge >= 0.3 is 0 Å². The zero-order chi connectivity index (χ0) is 23.4. The summed E-state index contributed by atoms with van der Waals surface area (Å²) < 4.78 is 15.0. The number of carbonyl (C=O) groups excluding carboxylic acids is 2. The zero-order valence-electron chi connectivity index (χ0n) is 17.6. The van der Waals surface area contributed by atoms with Crippen molar-refractivity contribution in [2.45, 2.75) is 30.9 Å². The van der Waals surface area contributed by atoms with Gasteiger partial charge in [0.2, 0.25) is 0 Å². The van der Waals surface area contributed by atoms with Crippen LogP contribution in [0.25, 0.3) is 5.69 Å². The average Bonchev–Trinajstić information content (AvgIpc) is 3.06. The highest BCUT2D eigenvalue weighted by Gasteiger charge is 2.19. The Hall–Kier alpha value is -3.66. The van der Waals surface area contributed by atoms with Gasteiger partial charge in [0, 0.05) is 34.1 Å². The molecule has 2 aromatic carbocycles. The van der Waals surface area contributed by atoms with Crippen LogP contribution in [0.1, 0.15) is 28.7 Å². The van der Waals surface area contributed by atoms with Gasteiger partial charge in [0.05, 0.1) is 15.7 Å². The number of aromatic nitrogens is 1. The quantitative estimate of drug-likeness (QED) is 0.330. The summed E-state index contributed by atoms with van der Waals surface area (Å²) in [4.78, 5) is 35.9. The predicted molar refractivity (Wildman–Crippen MR) is 119 cm³/mol. The third-order valence-corrected chi connectivity index (χ3v) is 5.90. The Balaban J connectivity index is 1.62. The van der Waals surface area contributed by atoms with E-state index >= 15 is 0 Å². The Labute approximate surface area is 187 Å². The standard InChI is InChI=1S/C22H21FN4O4S/c1-13-12-20(14(2)26(13)17-6-4-16(23)5-7-17)22(29)25-24-21(28)15(3)32-19-10-8-18(9-11-19)27(30)31/h4-12,15H,1-3H3,(H,24,28)(H,25,29). The summed E-state index contributed by atoms with van der Waals surface area (Å²) in [5.74, 6) is -1.25. The van der Waals surface area contributed by atoms with Crippen LogP contribution in [-0.2, 0) is 4.79 Å². The zero-order valence-corrected chi connectivity index (χ0v) is 18.4. The molecule has 0 saturated carbocycles. The van der Waals surface area contributed by atoms with Crippen molar-refractivity contribution in [1.82, 2.24) is 15.4 Å². The first kappa shape index (κ1) is 23.0. The van der Waals surface area contributed by atoms with Crippen LogP contribution in [0.2, 0.25) is 0 Å². The SMILES string of the molecule is Cc1cc(C(=O)NNC(=O)C(C)Sc2ccc([N+](=O)[O-])cc2)c(C)n1-c1ccc(F)cc1. The molecular weight excluding hydrogens is 435 g/mol. The Morgan fingerprint density at radius 1 is 1.06 bits per heavy atom. The lowest BCUT2D eigenvalue weighted by Crippen LogP contribution is -2.45. The molecule has 0 aliphatic heterocycles. The monoisotopic (exact) mass is 456 g/mol. The number of nitrogens with one attached hydrogen (secondary N) is 2. The number of nitrogens with zero attached hydrogens (tertiary/aromatic N) is 2. The topological polar surface area (TPSA) is 106 Å². The highest BCUT2D eigenvalue weighted by molar-refractivity contribution is 8.00. The first-order valence-electron chi connectivity index (χ1n) is 9.63. The van der Waals surface area contributed by atoms with Gasteiger partial charge in [0.1, 0.15) is 5.82 Å². The molecule has 1 atom stereocenters. The van der Waals surface area contributed by atoms with Crippen LogP contribution in [0.4, 0.5) is 10.1 Å². The van der Waals surface area contributed by atoms with Crippen molar-refractivity contribution in [2.75, 3.05) is 0 Å². The average molecular weight is 456 g/mol. The van der Waals surface area contributed by atoms with Crippen molar-refractivity contribution in [2.24, 2.45) is 0 Å². The van der Waals surface area contributed by atoms with Crippen LogP contribution < -0.4 is 10.9 Å². The molecule has 3 aromatic rings. The van der Waals surface area contributed by atoms with E-state index < -0.39 is 22.0 Å². The van der Waals surface area contributed by atoms with Crippen molar-refractivity contribution in [1.29, 1.82) is 0 Å². The van der Waals surface area contributed by atoms with E-state index in [0.717, 1.165) is 11.4 Å². The number of non-ortho nitro benzene ring substituents is 1. The number of nitro groups is 1. The number of carbonyl (C=O) groups is 2. The molecule has 166 valence electrons. The Morgan fingerprint density at radius 3 is 2.28 bits per heavy atom. The summed E-state index contributed by atoms with van der Waals surface area (Å²) in [6.45, 7) is 5.25. The van der Waals surface area contributed by atoms with Gasteiger partial charge in [0.25, 0.3) is 17.5 Å². The molecule has 10 heteroatoms. The normalized spacial score (nSPS) is 11.6. The maximum absolute atomic E-state index is 13.2. The maximum Gasteiger partial charge on any atom is 0.271 e. The van der Waals surface area contributed by atoms with Crippen molar-refractivity contribution >= 4 is 29.3 Å². The molecule has 0 radical (unpaired) electrons. The molecule has 0 aliphatic rings. The number of hydrazine groups is 1. The summed E-state index contributed by atoms with van der Waals surface area (Å²) in [7, 11) is 0. The van der Waals surface area contributed by atoms with Crippen LogP contribution in [0.15, 0.2) is 59.5 Å². The molecule has 1 heterocycles. The van der Waals surface area contributed by atoms with Crippen LogP contribution >= 0.6 is 11.8 Å². The maximum atomic E-state index is 13.2. The lowest BCUT2D eigenvalue weighted by molar-refractivity contribution is -0.384. The molecule has 8 nitrogen and oxygen atoms in total. The number of thioether (sulfide) groups is 1. The second-order valence-corrected chi connectivity index (χ2v) is 8.47. The molecule has 0 bridgehead atoms. The Kier molecular flexibility index (Phi) is 6.94. The minimum Gasteiger partial charge on any atom is -0.318 e. The van der Waals surface area contributed by atoms with E-state index in [1.807, 2.05) is 11.5 Å². The number of benzene rings is 2. The summed E-state index contributed by atoms with van der Waals surface area (Å²) in [5.41, 5.74) is 7.32. The summed E-state index contributed by atoms with van der Waals surface area (Å²) in [6, 6.07) is 13.5. The van der Waals surface area contributed by atoms with Crippen molar-refractivity contribution in [3.8, 4) is 5.69 Å². The van der Waals surface area contributed by atoms with Crippen LogP contribution in [0.3, 0.4) is 0 Å². The van der Waals surface area contributed by atoms with Gasteiger partial charge in [-0.05, 0) is 63.2 Å². The number of halogens is 1. The van der Waals surface area contributed by atoms with E-state index in [-0.39, 0.29) is 11.5 Å². The summed E-state index contributed by atoms with van der Waals surface area (Å²) in [6.07, 6.45) is 0. The molecule has 0 spiro atoms. The molecule has 0 fully saturated rings. The second-order valence-electron chi connectivity index (χ2n) is 7.05. The van der Waals surface area contributed by atoms with E-state index in [2.05, 4.69) is 10.9 Å². The number of amides is 2. The fourth-order valence-electron chi connectivity index (χ4n) is 3.17. The Bertz CT molecular complexity index is 1160. The van der Waals surface area contributed by atoms with Gasteiger partial charge in [-0.15, -0.1) is 11.8 Å². The lowest BCUT2D eigenvalue weighted by Gasteiger charge is -2.13. The van der Waals surface area contributed by atoms with Crippen molar-refractivity contribution in [3.05, 3.63) is 87.5 Å². The molecule has 0 aliphatic carbocycles. The Morgan fingerprint density at radius 2 is 1.69 bits per heavy atom. The van der Waals surface area contributed by atoms with Crippen LogP contribution in [0.5, 0.6) is 0 Å². The minimum atomic E-state index is -0.552. The van der Waals surface area contributed by atoms with Gasteiger partial charge in [0.15, 0.2) is 0 Å². The van der Waals surface area contributed by atoms with Crippen LogP contribution in [-0.4, -0.2) is 26.6 Å². The molecular formula is C22H21FN4O4S. The highest BCUT2D eigenvalue weighted by Crippen LogP contribution is 2.25. The molecule has 0 saturated heterocycles. The third-order valence-electron chi connectivity index (χ3n) is 4.79. The largest absolute Gasteiger partial charge is 0.318 e. The number of hydrogen-bond acceptors (Lipinski definition) is 5. The number of hydrogen-bond donors (Lipinski definition) is 2. The summed E-state index contributed by atoms with van der Waals surface area (Å²) in [5, 5.41) is 10.2. The van der Waals surface area contributed by atoms with E-state index in [9.17, 15) is 24.1 Å². The molecule has 32 heavy (non-hydrogen) atoms. The fourth-order valence-corrected chi connectivity index (χ4v) is 4.04. The van der Waals surface area contributed by atoms with Gasteiger partial charge in [-0.25, -0.2) is 4.39 Å². The van der Waals surface area contributed by atoms with E-state index in [4.69, 9.17) is 0 Å². The smallest absolute Gasteiger partial charge is 0.271 e. The molecule has 2 N–H and O–H groups in total. The molecule has 1 unspecified atom stereocenters. The fraction of sp³-hybridized carbons (Fsp3) is 0.182. The highest BCUT2D eigenvalue weighted by atomic mass is 32.2. The van der Waals surface area contributed by atoms with Gasteiger partial charge in [-0.1, -0.05) is 0 Å². The van der Waals surface area contributed by atoms with E-state index in [1.54, 1.807) is 44.2 Å². The summed E-state index contributed by atoms with van der Waals surface area (Å²) >= 11 is 1.21. The second kappa shape index (κ2) is 9.65. The van der Waals surface area contributed by atoms with Crippen molar-refractivity contribution < 1.29 is 18.9 Å². The molecule has 2 amide bonds.